The molecule has 0 atom stereocenters. The maximum Gasteiger partial charge on any atom is 0.220 e. The van der Waals surface area contributed by atoms with Gasteiger partial charge in [0.25, 0.3) is 0 Å². The van der Waals surface area contributed by atoms with E-state index in [9.17, 15) is 0 Å². The van der Waals surface area contributed by atoms with Crippen LogP contribution in [0.2, 0.25) is 0 Å². The van der Waals surface area contributed by atoms with Crippen LogP contribution >= 0.6 is 11.5 Å². The number of ether oxygens (including phenoxy) is 3. The van der Waals surface area contributed by atoms with E-state index in [0.717, 1.165) is 44.4 Å². The molecule has 0 saturated carbocycles. The molecule has 8 heteroatoms. The number of rotatable bonds is 5. The van der Waals surface area contributed by atoms with Gasteiger partial charge in [0.05, 0.1) is 30.8 Å². The Bertz CT molecular complexity index is 1100. The quantitative estimate of drug-likeness (QED) is 0.535. The summed E-state index contributed by atoms with van der Waals surface area (Å²) in [5.41, 5.74) is 3.69. The molecule has 3 heterocycles. The largest absolute Gasteiger partial charge is 0.497 e. The van der Waals surface area contributed by atoms with E-state index in [4.69, 9.17) is 14.2 Å². The first-order valence-electron chi connectivity index (χ1n) is 8.06. The summed E-state index contributed by atoms with van der Waals surface area (Å²) in [6.07, 6.45) is 1.75. The molecule has 0 bridgehead atoms. The second kappa shape index (κ2) is 6.45. The zero-order chi connectivity index (χ0) is 18.3. The summed E-state index contributed by atoms with van der Waals surface area (Å²) in [7, 11) is 3.29. The van der Waals surface area contributed by atoms with Crippen LogP contribution in [0.15, 0.2) is 24.4 Å². The second-order valence-electron chi connectivity index (χ2n) is 5.88. The first kappa shape index (κ1) is 16.6. The fourth-order valence-corrected chi connectivity index (χ4v) is 3.74. The predicted octanol–water partition coefficient (Wildman–Crippen LogP) is 3.55. The van der Waals surface area contributed by atoms with Gasteiger partial charge in [-0.2, -0.15) is 4.37 Å². The summed E-state index contributed by atoms with van der Waals surface area (Å²) in [4.78, 5) is 9.79. The highest BCUT2D eigenvalue weighted by Gasteiger charge is 2.15. The number of hydrogen-bond donors (Lipinski definition) is 0. The highest BCUT2D eigenvalue weighted by molar-refractivity contribution is 7.11. The Morgan fingerprint density at radius 1 is 1.15 bits per heavy atom. The Balaban J connectivity index is 1.68. The third-order valence-electron chi connectivity index (χ3n) is 4.26. The van der Waals surface area contributed by atoms with Gasteiger partial charge < -0.3 is 14.2 Å². The molecule has 26 heavy (non-hydrogen) atoms. The van der Waals surface area contributed by atoms with Crippen molar-refractivity contribution < 1.29 is 14.2 Å². The van der Waals surface area contributed by atoms with Crippen LogP contribution in [0.25, 0.3) is 16.0 Å². The van der Waals surface area contributed by atoms with Gasteiger partial charge in [0.2, 0.25) is 10.8 Å². The zero-order valence-electron chi connectivity index (χ0n) is 14.9. The highest BCUT2D eigenvalue weighted by atomic mass is 32.1. The van der Waals surface area contributed by atoms with E-state index in [0.29, 0.717) is 5.88 Å². The van der Waals surface area contributed by atoms with E-state index in [1.807, 2.05) is 36.4 Å². The Labute approximate surface area is 154 Å². The number of benzene rings is 1. The molecule has 0 aliphatic heterocycles. The number of pyridine rings is 1. The number of aryl methyl sites for hydroxylation is 1. The van der Waals surface area contributed by atoms with Gasteiger partial charge in [-0.15, -0.1) is 0 Å². The smallest absolute Gasteiger partial charge is 0.220 e. The summed E-state index contributed by atoms with van der Waals surface area (Å²) in [5.74, 6) is 2.89. The fraction of sp³-hybridized carbons (Fsp3) is 0.278. The summed E-state index contributed by atoms with van der Waals surface area (Å²) in [6.45, 7) is 4.18. The molecule has 134 valence electrons. The maximum atomic E-state index is 5.93. The fourth-order valence-electron chi connectivity index (χ4n) is 3.00. The molecule has 0 N–H and O–H groups in total. The predicted molar refractivity (Wildman–Crippen MR) is 99.5 cm³/mol. The van der Waals surface area contributed by atoms with Crippen LogP contribution in [0.4, 0.5) is 0 Å². The van der Waals surface area contributed by atoms with E-state index in [1.54, 1.807) is 20.4 Å². The first-order chi connectivity index (χ1) is 12.6. The molecular formula is C18H18N4O3S. The third-order valence-corrected chi connectivity index (χ3v) is 5.00. The average molecular weight is 370 g/mol. The van der Waals surface area contributed by atoms with Crippen molar-refractivity contribution in [1.82, 2.24) is 18.7 Å². The van der Waals surface area contributed by atoms with Gasteiger partial charge >= 0.3 is 0 Å². The zero-order valence-corrected chi connectivity index (χ0v) is 15.8. The Hall–Kier alpha value is -2.87. The summed E-state index contributed by atoms with van der Waals surface area (Å²) in [5, 5.41) is 0. The molecule has 0 saturated heterocycles. The standard InChI is InChI=1S/C18H18N4O3S/c1-10-8-19-17(11(2)16(10)24-4)25-9-15-21-26-18-20-13-7-12(23-3)5-6-14(13)22(15)18/h5-8H,9H2,1-4H3. The molecule has 0 spiro atoms. The maximum absolute atomic E-state index is 5.93. The lowest BCUT2D eigenvalue weighted by Crippen LogP contribution is -2.04. The van der Waals surface area contributed by atoms with Gasteiger partial charge in [0, 0.05) is 29.4 Å². The number of fused-ring (bicyclic) bond motifs is 3. The lowest BCUT2D eigenvalue weighted by atomic mass is 10.2. The number of imidazole rings is 1. The van der Waals surface area contributed by atoms with E-state index in [2.05, 4.69) is 14.3 Å². The number of nitrogens with zero attached hydrogens (tertiary/aromatic N) is 4. The van der Waals surface area contributed by atoms with Crippen molar-refractivity contribution in [1.29, 1.82) is 0 Å². The minimum absolute atomic E-state index is 0.289. The number of hydrogen-bond acceptors (Lipinski definition) is 7. The Kier molecular flexibility index (Phi) is 4.12. The molecule has 0 amide bonds. The van der Waals surface area contributed by atoms with E-state index in [1.165, 1.54) is 11.5 Å². The van der Waals surface area contributed by atoms with Crippen molar-refractivity contribution in [2.75, 3.05) is 14.2 Å². The average Bonchev–Trinajstić information content (AvgIpc) is 3.20. The molecule has 0 aliphatic rings. The van der Waals surface area contributed by atoms with Gasteiger partial charge in [-0.3, -0.25) is 4.40 Å². The van der Waals surface area contributed by atoms with Gasteiger partial charge in [0.15, 0.2) is 5.82 Å². The second-order valence-corrected chi connectivity index (χ2v) is 6.61. The van der Waals surface area contributed by atoms with Gasteiger partial charge in [0.1, 0.15) is 18.1 Å². The summed E-state index contributed by atoms with van der Waals surface area (Å²) in [6, 6.07) is 5.80. The van der Waals surface area contributed by atoms with Gasteiger partial charge in [-0.1, -0.05) is 0 Å². The minimum Gasteiger partial charge on any atom is -0.497 e. The molecule has 0 radical (unpaired) electrons. The van der Waals surface area contributed by atoms with Crippen LogP contribution in [-0.4, -0.2) is 33.0 Å². The van der Waals surface area contributed by atoms with Crippen LogP contribution in [0.5, 0.6) is 17.4 Å². The molecule has 1 aromatic carbocycles. The van der Waals surface area contributed by atoms with E-state index in [-0.39, 0.29) is 6.61 Å². The lowest BCUT2D eigenvalue weighted by Gasteiger charge is -2.12. The summed E-state index contributed by atoms with van der Waals surface area (Å²) >= 11 is 1.34. The normalized spacial score (nSPS) is 11.2. The van der Waals surface area contributed by atoms with Crippen LogP contribution in [0.1, 0.15) is 17.0 Å². The third kappa shape index (κ3) is 2.62. The van der Waals surface area contributed by atoms with Crippen molar-refractivity contribution in [2.24, 2.45) is 0 Å². The topological polar surface area (TPSA) is 70.8 Å². The molecule has 4 aromatic rings. The van der Waals surface area contributed by atoms with Gasteiger partial charge in [-0.25, -0.2) is 9.97 Å². The van der Waals surface area contributed by atoms with E-state index >= 15 is 0 Å². The van der Waals surface area contributed by atoms with Crippen LogP contribution < -0.4 is 14.2 Å². The Morgan fingerprint density at radius 3 is 2.77 bits per heavy atom. The van der Waals surface area contributed by atoms with Crippen molar-refractivity contribution >= 4 is 27.5 Å². The SMILES string of the molecule is COc1ccc2c(c1)nc1snc(COc3ncc(C)c(OC)c3C)n12. The van der Waals surface area contributed by atoms with Gasteiger partial charge in [-0.05, 0) is 26.0 Å². The van der Waals surface area contributed by atoms with Crippen LogP contribution in [0, 0.1) is 13.8 Å². The molecule has 0 aliphatic carbocycles. The first-order valence-corrected chi connectivity index (χ1v) is 8.83. The van der Waals surface area contributed by atoms with Crippen molar-refractivity contribution in [3.63, 3.8) is 0 Å². The lowest BCUT2D eigenvalue weighted by molar-refractivity contribution is 0.279. The minimum atomic E-state index is 0.289. The van der Waals surface area contributed by atoms with Crippen molar-refractivity contribution in [3.8, 4) is 17.4 Å². The monoisotopic (exact) mass is 370 g/mol. The van der Waals surface area contributed by atoms with Crippen molar-refractivity contribution in [3.05, 3.63) is 41.3 Å². The number of aromatic nitrogens is 4. The Morgan fingerprint density at radius 2 is 2.00 bits per heavy atom. The molecular weight excluding hydrogens is 352 g/mol. The molecule has 0 fully saturated rings. The van der Waals surface area contributed by atoms with Crippen LogP contribution in [0.3, 0.4) is 0 Å². The molecule has 7 nitrogen and oxygen atoms in total. The molecule has 4 rings (SSSR count). The molecule has 3 aromatic heterocycles. The summed E-state index contributed by atoms with van der Waals surface area (Å²) < 4.78 is 23.1. The number of methoxy groups -OCH3 is 2. The molecule has 0 unspecified atom stereocenters. The van der Waals surface area contributed by atoms with Crippen LogP contribution in [-0.2, 0) is 6.61 Å². The highest BCUT2D eigenvalue weighted by Crippen LogP contribution is 2.30. The van der Waals surface area contributed by atoms with E-state index < -0.39 is 0 Å². The van der Waals surface area contributed by atoms with Crippen molar-refractivity contribution in [2.45, 2.75) is 20.5 Å².